The Morgan fingerprint density at radius 3 is 3.08 bits per heavy atom. The highest BCUT2D eigenvalue weighted by Gasteiger charge is 2.22. The Labute approximate surface area is 75.7 Å². The molecule has 1 aromatic rings. The molecule has 1 fully saturated rings. The SMILES string of the molecule is Cc1nc(CN2CCC(F)C2)no1. The molecule has 1 aliphatic rings. The van der Waals surface area contributed by atoms with E-state index in [1.807, 2.05) is 4.90 Å². The zero-order valence-corrected chi connectivity index (χ0v) is 7.53. The van der Waals surface area contributed by atoms with Crippen LogP contribution in [0.5, 0.6) is 0 Å². The summed E-state index contributed by atoms with van der Waals surface area (Å²) in [4.78, 5) is 6.05. The van der Waals surface area contributed by atoms with Crippen molar-refractivity contribution in [1.29, 1.82) is 0 Å². The molecule has 0 saturated carbocycles. The molecule has 1 atom stereocenters. The van der Waals surface area contributed by atoms with Crippen molar-refractivity contribution in [3.63, 3.8) is 0 Å². The fraction of sp³-hybridized carbons (Fsp3) is 0.750. The minimum atomic E-state index is -0.687. The molecule has 2 rings (SSSR count). The molecule has 0 aromatic carbocycles. The Hall–Kier alpha value is -0.970. The minimum Gasteiger partial charge on any atom is -0.340 e. The quantitative estimate of drug-likeness (QED) is 0.687. The third-order valence-corrected chi connectivity index (χ3v) is 2.15. The zero-order chi connectivity index (χ0) is 9.26. The molecular weight excluding hydrogens is 173 g/mol. The first kappa shape index (κ1) is 8.62. The Bertz CT molecular complexity index is 289. The van der Waals surface area contributed by atoms with Crippen molar-refractivity contribution >= 4 is 0 Å². The van der Waals surface area contributed by atoms with Crippen molar-refractivity contribution in [3.05, 3.63) is 11.7 Å². The van der Waals surface area contributed by atoms with E-state index in [1.165, 1.54) is 0 Å². The first-order chi connectivity index (χ1) is 6.24. The van der Waals surface area contributed by atoms with Crippen LogP contribution < -0.4 is 0 Å². The van der Waals surface area contributed by atoms with Crippen LogP contribution in [-0.2, 0) is 6.54 Å². The van der Waals surface area contributed by atoms with E-state index in [0.717, 1.165) is 6.54 Å². The fourth-order valence-electron chi connectivity index (χ4n) is 1.53. The topological polar surface area (TPSA) is 42.2 Å². The molecule has 0 spiro atoms. The largest absolute Gasteiger partial charge is 0.340 e. The van der Waals surface area contributed by atoms with Crippen LogP contribution in [-0.4, -0.2) is 34.3 Å². The van der Waals surface area contributed by atoms with Gasteiger partial charge < -0.3 is 4.52 Å². The molecule has 13 heavy (non-hydrogen) atoms. The molecule has 0 bridgehead atoms. The van der Waals surface area contributed by atoms with Gasteiger partial charge in [-0.1, -0.05) is 5.16 Å². The van der Waals surface area contributed by atoms with Gasteiger partial charge in [-0.25, -0.2) is 4.39 Å². The number of aromatic nitrogens is 2. The number of nitrogens with zero attached hydrogens (tertiary/aromatic N) is 3. The summed E-state index contributed by atoms with van der Waals surface area (Å²) in [6.07, 6.45) is -0.0652. The molecule has 2 heterocycles. The Balaban J connectivity index is 1.91. The second kappa shape index (κ2) is 3.41. The van der Waals surface area contributed by atoms with Crippen LogP contribution in [0.2, 0.25) is 0 Å². The summed E-state index contributed by atoms with van der Waals surface area (Å²) < 4.78 is 17.6. The van der Waals surface area contributed by atoms with Crippen molar-refractivity contribution in [1.82, 2.24) is 15.0 Å². The van der Waals surface area contributed by atoms with E-state index in [1.54, 1.807) is 6.92 Å². The van der Waals surface area contributed by atoms with E-state index in [9.17, 15) is 4.39 Å². The van der Waals surface area contributed by atoms with Gasteiger partial charge in [-0.15, -0.1) is 0 Å². The molecule has 0 amide bonds. The summed E-state index contributed by atoms with van der Waals surface area (Å²) in [5.41, 5.74) is 0. The summed E-state index contributed by atoms with van der Waals surface area (Å²) in [6, 6.07) is 0. The summed E-state index contributed by atoms with van der Waals surface area (Å²) in [6.45, 7) is 3.62. The molecule has 1 unspecified atom stereocenters. The van der Waals surface area contributed by atoms with Gasteiger partial charge in [-0.3, -0.25) is 4.90 Å². The maximum atomic E-state index is 12.8. The molecule has 4 nitrogen and oxygen atoms in total. The molecule has 5 heteroatoms. The first-order valence-electron chi connectivity index (χ1n) is 4.39. The van der Waals surface area contributed by atoms with Crippen LogP contribution in [0, 0.1) is 6.92 Å². The van der Waals surface area contributed by atoms with Crippen LogP contribution in [0.15, 0.2) is 4.52 Å². The third-order valence-electron chi connectivity index (χ3n) is 2.15. The lowest BCUT2D eigenvalue weighted by Gasteiger charge is -2.10. The molecule has 1 aliphatic heterocycles. The third kappa shape index (κ3) is 2.03. The van der Waals surface area contributed by atoms with E-state index >= 15 is 0 Å². The Morgan fingerprint density at radius 2 is 2.54 bits per heavy atom. The van der Waals surface area contributed by atoms with Crippen LogP contribution >= 0.6 is 0 Å². The van der Waals surface area contributed by atoms with Gasteiger partial charge in [0.25, 0.3) is 0 Å². The summed E-state index contributed by atoms with van der Waals surface area (Å²) in [5, 5.41) is 3.75. The molecule has 0 N–H and O–H groups in total. The highest BCUT2D eigenvalue weighted by atomic mass is 19.1. The van der Waals surface area contributed by atoms with Gasteiger partial charge >= 0.3 is 0 Å². The summed E-state index contributed by atoms with van der Waals surface area (Å²) >= 11 is 0. The van der Waals surface area contributed by atoms with Crippen molar-refractivity contribution in [2.75, 3.05) is 13.1 Å². The predicted octanol–water partition coefficient (Wildman–Crippen LogP) is 0.922. The van der Waals surface area contributed by atoms with Gasteiger partial charge in [0.1, 0.15) is 6.17 Å². The van der Waals surface area contributed by atoms with E-state index in [-0.39, 0.29) is 0 Å². The standard InChI is InChI=1S/C8H12FN3O/c1-6-10-8(11-13-6)5-12-3-2-7(9)4-12/h7H,2-5H2,1H3. The molecule has 72 valence electrons. The van der Waals surface area contributed by atoms with E-state index < -0.39 is 6.17 Å². The lowest BCUT2D eigenvalue weighted by molar-refractivity contribution is 0.273. The molecule has 0 aliphatic carbocycles. The number of aryl methyl sites for hydroxylation is 1. The van der Waals surface area contributed by atoms with E-state index in [2.05, 4.69) is 10.1 Å². The number of hydrogen-bond donors (Lipinski definition) is 0. The van der Waals surface area contributed by atoms with Crippen molar-refractivity contribution in [2.45, 2.75) is 26.1 Å². The number of alkyl halides is 1. The van der Waals surface area contributed by atoms with Gasteiger partial charge in [-0.05, 0) is 6.42 Å². The summed E-state index contributed by atoms with van der Waals surface area (Å²) in [5.74, 6) is 1.21. The number of rotatable bonds is 2. The van der Waals surface area contributed by atoms with Crippen molar-refractivity contribution in [3.8, 4) is 0 Å². The van der Waals surface area contributed by atoms with Gasteiger partial charge in [0.15, 0.2) is 5.82 Å². The minimum absolute atomic E-state index is 0.494. The second-order valence-corrected chi connectivity index (χ2v) is 3.35. The van der Waals surface area contributed by atoms with Crippen molar-refractivity contribution in [2.24, 2.45) is 0 Å². The molecule has 0 radical (unpaired) electrons. The zero-order valence-electron chi connectivity index (χ0n) is 7.53. The van der Waals surface area contributed by atoms with Gasteiger partial charge in [0.05, 0.1) is 6.54 Å². The van der Waals surface area contributed by atoms with Crippen LogP contribution in [0.4, 0.5) is 4.39 Å². The maximum Gasteiger partial charge on any atom is 0.223 e. The molecule has 1 aromatic heterocycles. The Morgan fingerprint density at radius 1 is 1.69 bits per heavy atom. The van der Waals surface area contributed by atoms with Gasteiger partial charge in [0.2, 0.25) is 5.89 Å². The van der Waals surface area contributed by atoms with Gasteiger partial charge in [-0.2, -0.15) is 4.98 Å². The smallest absolute Gasteiger partial charge is 0.223 e. The highest BCUT2D eigenvalue weighted by Crippen LogP contribution is 2.14. The number of halogens is 1. The monoisotopic (exact) mass is 185 g/mol. The fourth-order valence-corrected chi connectivity index (χ4v) is 1.53. The first-order valence-corrected chi connectivity index (χ1v) is 4.39. The average molecular weight is 185 g/mol. The lowest BCUT2D eigenvalue weighted by Crippen LogP contribution is -2.21. The van der Waals surface area contributed by atoms with E-state index in [4.69, 9.17) is 4.52 Å². The maximum absolute atomic E-state index is 12.8. The molecular formula is C8H12FN3O. The normalized spacial score (nSPS) is 24.0. The molecule has 1 saturated heterocycles. The van der Waals surface area contributed by atoms with Crippen LogP contribution in [0.1, 0.15) is 18.1 Å². The van der Waals surface area contributed by atoms with Crippen molar-refractivity contribution < 1.29 is 8.91 Å². The number of likely N-dealkylation sites (tertiary alicyclic amines) is 1. The lowest BCUT2D eigenvalue weighted by atomic mass is 10.3. The number of hydrogen-bond acceptors (Lipinski definition) is 4. The van der Waals surface area contributed by atoms with Crippen LogP contribution in [0.3, 0.4) is 0 Å². The predicted molar refractivity (Wildman–Crippen MR) is 43.8 cm³/mol. The van der Waals surface area contributed by atoms with Crippen LogP contribution in [0.25, 0.3) is 0 Å². The second-order valence-electron chi connectivity index (χ2n) is 3.35. The average Bonchev–Trinajstić information content (AvgIpc) is 2.62. The summed E-state index contributed by atoms with van der Waals surface area (Å²) in [7, 11) is 0. The van der Waals surface area contributed by atoms with E-state index in [0.29, 0.717) is 31.2 Å². The Kier molecular flexibility index (Phi) is 2.26. The van der Waals surface area contributed by atoms with Gasteiger partial charge in [0, 0.05) is 20.0 Å². The highest BCUT2D eigenvalue weighted by molar-refractivity contribution is 4.86.